The van der Waals surface area contributed by atoms with E-state index in [0.717, 1.165) is 38.5 Å². The smallest absolute Gasteiger partial charge is 0.293 e. The van der Waals surface area contributed by atoms with Gasteiger partial charge >= 0.3 is 0 Å². The molecule has 2 amide bonds. The second-order valence-electron chi connectivity index (χ2n) is 7.24. The van der Waals surface area contributed by atoms with Gasteiger partial charge in [-0.15, -0.1) is 0 Å². The minimum Gasteiger partial charge on any atom is -0.489 e. The summed E-state index contributed by atoms with van der Waals surface area (Å²) in [6.45, 7) is 2.72. The largest absolute Gasteiger partial charge is 0.489 e. The number of amides is 2. The van der Waals surface area contributed by atoms with Crippen LogP contribution in [0.4, 0.5) is 4.79 Å². The normalized spacial score (nSPS) is 15.0. The molecule has 3 aromatic carbocycles. The zero-order chi connectivity index (χ0) is 21.8. The van der Waals surface area contributed by atoms with E-state index in [1.165, 1.54) is 4.90 Å². The number of thioether (sulfide) groups is 1. The number of aryl methyl sites for hydroxylation is 1. The summed E-state index contributed by atoms with van der Waals surface area (Å²) in [5.74, 6) is 0.438. The molecule has 0 radical (unpaired) electrons. The van der Waals surface area contributed by atoms with E-state index >= 15 is 0 Å². The van der Waals surface area contributed by atoms with Crippen molar-refractivity contribution in [2.75, 3.05) is 0 Å². The fraction of sp³-hybridized carbons (Fsp3) is 0.120. The standard InChI is InChI=1S/C25H20BrNO3S/c1-17-4-2-6-20(12-17)15-27-24(28)23(31-25(27)29)14-19-5-3-7-22(13-19)30-16-18-8-10-21(26)11-9-18/h2-14H,15-16H2,1H3/b23-14-. The molecule has 4 nitrogen and oxygen atoms in total. The number of hydrogen-bond acceptors (Lipinski definition) is 4. The maximum absolute atomic E-state index is 12.8. The van der Waals surface area contributed by atoms with Gasteiger partial charge in [-0.1, -0.05) is 70.0 Å². The third-order valence-electron chi connectivity index (χ3n) is 4.77. The predicted octanol–water partition coefficient (Wildman–Crippen LogP) is 6.57. The Morgan fingerprint density at radius 3 is 2.52 bits per heavy atom. The highest BCUT2D eigenvalue weighted by atomic mass is 79.9. The number of hydrogen-bond donors (Lipinski definition) is 0. The van der Waals surface area contributed by atoms with Gasteiger partial charge in [0, 0.05) is 4.47 Å². The van der Waals surface area contributed by atoms with Crippen molar-refractivity contribution >= 4 is 44.9 Å². The van der Waals surface area contributed by atoms with Crippen molar-refractivity contribution < 1.29 is 14.3 Å². The first kappa shape index (κ1) is 21.4. The van der Waals surface area contributed by atoms with Crippen LogP contribution in [0.25, 0.3) is 6.08 Å². The van der Waals surface area contributed by atoms with Crippen molar-refractivity contribution in [2.45, 2.75) is 20.1 Å². The van der Waals surface area contributed by atoms with Gasteiger partial charge in [0.2, 0.25) is 0 Å². The molecule has 0 aromatic heterocycles. The Morgan fingerprint density at radius 1 is 0.968 bits per heavy atom. The van der Waals surface area contributed by atoms with Gasteiger partial charge in [0.05, 0.1) is 11.4 Å². The van der Waals surface area contributed by atoms with Crippen LogP contribution in [0.3, 0.4) is 0 Å². The van der Waals surface area contributed by atoms with Crippen LogP contribution in [0.1, 0.15) is 22.3 Å². The topological polar surface area (TPSA) is 46.6 Å². The number of carbonyl (C=O) groups excluding carboxylic acids is 2. The zero-order valence-electron chi connectivity index (χ0n) is 16.9. The monoisotopic (exact) mass is 493 g/mol. The van der Waals surface area contributed by atoms with E-state index in [1.807, 2.05) is 79.7 Å². The van der Waals surface area contributed by atoms with Crippen molar-refractivity contribution in [3.05, 3.63) is 104 Å². The molecule has 156 valence electrons. The molecule has 0 bridgehead atoms. The second kappa shape index (κ2) is 9.54. The van der Waals surface area contributed by atoms with Crippen LogP contribution >= 0.6 is 27.7 Å². The van der Waals surface area contributed by atoms with Gasteiger partial charge in [0.15, 0.2) is 0 Å². The highest BCUT2D eigenvalue weighted by Crippen LogP contribution is 2.33. The maximum atomic E-state index is 12.8. The first-order valence-electron chi connectivity index (χ1n) is 9.76. The van der Waals surface area contributed by atoms with E-state index in [4.69, 9.17) is 4.74 Å². The van der Waals surface area contributed by atoms with Crippen molar-refractivity contribution in [3.8, 4) is 5.75 Å². The van der Waals surface area contributed by atoms with Crippen molar-refractivity contribution in [3.63, 3.8) is 0 Å². The number of halogens is 1. The summed E-state index contributed by atoms with van der Waals surface area (Å²) in [6.07, 6.45) is 1.74. The molecule has 0 unspecified atom stereocenters. The molecule has 31 heavy (non-hydrogen) atoms. The molecule has 0 saturated carbocycles. The van der Waals surface area contributed by atoms with E-state index in [0.29, 0.717) is 17.3 Å². The first-order valence-corrected chi connectivity index (χ1v) is 11.4. The van der Waals surface area contributed by atoms with Crippen molar-refractivity contribution in [1.29, 1.82) is 0 Å². The Kier molecular flexibility index (Phi) is 6.59. The molecule has 1 aliphatic rings. The second-order valence-corrected chi connectivity index (χ2v) is 9.15. The Balaban J connectivity index is 1.45. The molecule has 1 fully saturated rings. The number of nitrogens with zero attached hydrogens (tertiary/aromatic N) is 1. The van der Waals surface area contributed by atoms with E-state index in [1.54, 1.807) is 6.08 Å². The minimum atomic E-state index is -0.266. The lowest BCUT2D eigenvalue weighted by atomic mass is 10.1. The molecule has 0 aliphatic carbocycles. The van der Waals surface area contributed by atoms with Gasteiger partial charge in [-0.05, 0) is 65.7 Å². The van der Waals surface area contributed by atoms with E-state index in [9.17, 15) is 9.59 Å². The number of benzene rings is 3. The van der Waals surface area contributed by atoms with Crippen molar-refractivity contribution in [2.24, 2.45) is 0 Å². The first-order chi connectivity index (χ1) is 15.0. The molecule has 0 atom stereocenters. The van der Waals surface area contributed by atoms with Crippen molar-refractivity contribution in [1.82, 2.24) is 4.90 Å². The number of carbonyl (C=O) groups is 2. The van der Waals surface area contributed by atoms with Gasteiger partial charge in [0.1, 0.15) is 12.4 Å². The molecular formula is C25H20BrNO3S. The lowest BCUT2D eigenvalue weighted by Crippen LogP contribution is -2.27. The molecule has 4 rings (SSSR count). The summed E-state index contributed by atoms with van der Waals surface area (Å²) < 4.78 is 6.91. The quantitative estimate of drug-likeness (QED) is 0.364. The predicted molar refractivity (Wildman–Crippen MR) is 128 cm³/mol. The SMILES string of the molecule is Cc1cccc(CN2C(=O)S/C(=C\c3cccc(OCc4ccc(Br)cc4)c3)C2=O)c1. The lowest BCUT2D eigenvalue weighted by molar-refractivity contribution is -0.123. The number of ether oxygens (including phenoxy) is 1. The molecule has 1 saturated heterocycles. The number of rotatable bonds is 6. The highest BCUT2D eigenvalue weighted by molar-refractivity contribution is 9.10. The molecule has 1 aliphatic heterocycles. The van der Waals surface area contributed by atoms with Gasteiger partial charge in [0.25, 0.3) is 11.1 Å². The Hall–Kier alpha value is -2.83. The summed E-state index contributed by atoms with van der Waals surface area (Å²) in [5, 5.41) is -0.250. The molecule has 6 heteroatoms. The summed E-state index contributed by atoms with van der Waals surface area (Å²) in [7, 11) is 0. The Labute approximate surface area is 194 Å². The summed E-state index contributed by atoms with van der Waals surface area (Å²) in [5.41, 5.74) is 3.91. The van der Waals surface area contributed by atoms with Crippen LogP contribution in [0.2, 0.25) is 0 Å². The average Bonchev–Trinajstić information content (AvgIpc) is 3.01. The van der Waals surface area contributed by atoms with E-state index in [2.05, 4.69) is 15.9 Å². The minimum absolute atomic E-state index is 0.250. The molecule has 0 N–H and O–H groups in total. The lowest BCUT2D eigenvalue weighted by Gasteiger charge is -2.12. The molecule has 0 spiro atoms. The third kappa shape index (κ3) is 5.46. The summed E-state index contributed by atoms with van der Waals surface area (Å²) in [4.78, 5) is 26.9. The fourth-order valence-electron chi connectivity index (χ4n) is 3.22. The molecule has 3 aromatic rings. The average molecular weight is 494 g/mol. The van der Waals surface area contributed by atoms with Crippen LogP contribution in [0, 0.1) is 6.92 Å². The molecule has 1 heterocycles. The Bertz CT molecular complexity index is 1160. The highest BCUT2D eigenvalue weighted by Gasteiger charge is 2.34. The number of imide groups is 1. The van der Waals surface area contributed by atoms with Crippen LogP contribution in [-0.2, 0) is 17.9 Å². The fourth-order valence-corrected chi connectivity index (χ4v) is 4.32. The zero-order valence-corrected chi connectivity index (χ0v) is 19.3. The maximum Gasteiger partial charge on any atom is 0.293 e. The third-order valence-corrected chi connectivity index (χ3v) is 6.21. The van der Waals surface area contributed by atoms with Crippen LogP contribution in [-0.4, -0.2) is 16.0 Å². The van der Waals surface area contributed by atoms with Crippen LogP contribution in [0.15, 0.2) is 82.2 Å². The summed E-state index contributed by atoms with van der Waals surface area (Å²) in [6, 6.07) is 23.3. The van der Waals surface area contributed by atoms with Gasteiger partial charge in [-0.25, -0.2) is 0 Å². The van der Waals surface area contributed by atoms with Crippen LogP contribution in [0.5, 0.6) is 5.75 Å². The van der Waals surface area contributed by atoms with Crippen LogP contribution < -0.4 is 4.74 Å². The van der Waals surface area contributed by atoms with Gasteiger partial charge in [-0.3, -0.25) is 14.5 Å². The molecular weight excluding hydrogens is 474 g/mol. The van der Waals surface area contributed by atoms with E-state index < -0.39 is 0 Å². The van der Waals surface area contributed by atoms with E-state index in [-0.39, 0.29) is 17.7 Å². The van der Waals surface area contributed by atoms with Gasteiger partial charge < -0.3 is 4.74 Å². The van der Waals surface area contributed by atoms with Gasteiger partial charge in [-0.2, -0.15) is 0 Å². The summed E-state index contributed by atoms with van der Waals surface area (Å²) >= 11 is 4.39. The Morgan fingerprint density at radius 2 is 1.74 bits per heavy atom.